The SMILES string of the molecule is CSc1nnc(SCCCC(C)=O)s1. The van der Waals surface area contributed by atoms with Crippen molar-refractivity contribution < 1.29 is 4.79 Å². The lowest BCUT2D eigenvalue weighted by atomic mass is 10.3. The fourth-order valence-electron chi connectivity index (χ4n) is 0.819. The van der Waals surface area contributed by atoms with E-state index in [1.165, 1.54) is 0 Å². The normalized spacial score (nSPS) is 10.4. The molecule has 3 nitrogen and oxygen atoms in total. The molecule has 14 heavy (non-hydrogen) atoms. The first-order chi connectivity index (χ1) is 6.72. The van der Waals surface area contributed by atoms with Crippen molar-refractivity contribution in [3.05, 3.63) is 0 Å². The molecule has 0 spiro atoms. The van der Waals surface area contributed by atoms with E-state index in [2.05, 4.69) is 10.2 Å². The Morgan fingerprint density at radius 3 is 2.71 bits per heavy atom. The van der Waals surface area contributed by atoms with E-state index in [0.717, 1.165) is 20.9 Å². The summed E-state index contributed by atoms with van der Waals surface area (Å²) >= 11 is 4.90. The number of aromatic nitrogens is 2. The third kappa shape index (κ3) is 4.43. The quantitative estimate of drug-likeness (QED) is 0.572. The zero-order valence-electron chi connectivity index (χ0n) is 8.15. The van der Waals surface area contributed by atoms with E-state index >= 15 is 0 Å². The highest BCUT2D eigenvalue weighted by atomic mass is 32.2. The fraction of sp³-hybridized carbons (Fsp3) is 0.625. The number of Topliss-reactive ketones (excluding diaryl/α,β-unsaturated/α-hetero) is 1. The molecular formula is C8H12N2OS3. The Morgan fingerprint density at radius 2 is 2.14 bits per heavy atom. The second-order valence-corrected chi connectivity index (χ2v) is 6.06. The molecule has 6 heteroatoms. The van der Waals surface area contributed by atoms with Crippen molar-refractivity contribution in [1.82, 2.24) is 10.2 Å². The summed E-state index contributed by atoms with van der Waals surface area (Å²) in [5.41, 5.74) is 0. The van der Waals surface area contributed by atoms with Crippen LogP contribution in [0.4, 0.5) is 0 Å². The highest BCUT2D eigenvalue weighted by molar-refractivity contribution is 8.02. The van der Waals surface area contributed by atoms with Gasteiger partial charge in [-0.1, -0.05) is 34.9 Å². The highest BCUT2D eigenvalue weighted by Gasteiger charge is 2.03. The fourth-order valence-corrected chi connectivity index (χ4v) is 3.27. The Morgan fingerprint density at radius 1 is 1.43 bits per heavy atom. The molecule has 78 valence electrons. The van der Waals surface area contributed by atoms with Gasteiger partial charge in [-0.05, 0) is 19.6 Å². The topological polar surface area (TPSA) is 42.9 Å². The van der Waals surface area contributed by atoms with Crippen LogP contribution in [0, 0.1) is 0 Å². The van der Waals surface area contributed by atoms with Crippen LogP contribution in [0.3, 0.4) is 0 Å². The summed E-state index contributed by atoms with van der Waals surface area (Å²) in [6, 6.07) is 0. The molecule has 0 saturated carbocycles. The molecule has 0 saturated heterocycles. The molecule has 0 unspecified atom stereocenters. The molecule has 1 aromatic heterocycles. The highest BCUT2D eigenvalue weighted by Crippen LogP contribution is 2.27. The Kier molecular flexibility index (Phi) is 5.50. The second-order valence-electron chi connectivity index (χ2n) is 2.69. The molecular weight excluding hydrogens is 236 g/mol. The molecule has 0 N–H and O–H groups in total. The predicted octanol–water partition coefficient (Wildman–Crippen LogP) is 2.72. The van der Waals surface area contributed by atoms with Gasteiger partial charge < -0.3 is 4.79 Å². The summed E-state index contributed by atoms with van der Waals surface area (Å²) < 4.78 is 2.00. The summed E-state index contributed by atoms with van der Waals surface area (Å²) in [7, 11) is 0. The van der Waals surface area contributed by atoms with E-state index < -0.39 is 0 Å². The Labute approximate surface area is 96.1 Å². The number of carbonyl (C=O) groups is 1. The monoisotopic (exact) mass is 248 g/mol. The molecule has 0 atom stereocenters. The molecule has 0 bridgehead atoms. The van der Waals surface area contributed by atoms with Crippen LogP contribution in [0.15, 0.2) is 8.68 Å². The van der Waals surface area contributed by atoms with Crippen LogP contribution in [0.1, 0.15) is 19.8 Å². The number of ketones is 1. The van der Waals surface area contributed by atoms with Gasteiger partial charge in [0, 0.05) is 12.2 Å². The van der Waals surface area contributed by atoms with Crippen LogP contribution in [-0.4, -0.2) is 28.0 Å². The van der Waals surface area contributed by atoms with Crippen molar-refractivity contribution in [2.24, 2.45) is 0 Å². The Bertz CT molecular complexity index is 301. The maximum absolute atomic E-state index is 10.7. The lowest BCUT2D eigenvalue weighted by Crippen LogP contribution is -1.90. The standard InChI is InChI=1S/C8H12N2OS3/c1-6(11)4-3-5-13-8-10-9-7(12-2)14-8/h3-5H2,1-2H3. The maximum Gasteiger partial charge on any atom is 0.175 e. The van der Waals surface area contributed by atoms with E-state index in [1.807, 2.05) is 6.26 Å². The molecule has 1 aromatic rings. The molecule has 0 aliphatic rings. The molecule has 0 fully saturated rings. The summed E-state index contributed by atoms with van der Waals surface area (Å²) in [6.07, 6.45) is 3.58. The molecule has 1 heterocycles. The van der Waals surface area contributed by atoms with E-state index in [4.69, 9.17) is 0 Å². The minimum Gasteiger partial charge on any atom is -0.300 e. The van der Waals surface area contributed by atoms with E-state index in [0.29, 0.717) is 6.42 Å². The van der Waals surface area contributed by atoms with Crippen molar-refractivity contribution in [3.63, 3.8) is 0 Å². The summed E-state index contributed by atoms with van der Waals surface area (Å²) in [5.74, 6) is 1.20. The van der Waals surface area contributed by atoms with Gasteiger partial charge in [-0.25, -0.2) is 0 Å². The molecule has 0 aromatic carbocycles. The van der Waals surface area contributed by atoms with Gasteiger partial charge in [-0.3, -0.25) is 0 Å². The molecule has 1 rings (SSSR count). The lowest BCUT2D eigenvalue weighted by Gasteiger charge is -1.94. The predicted molar refractivity (Wildman–Crippen MR) is 62.3 cm³/mol. The average molecular weight is 248 g/mol. The zero-order chi connectivity index (χ0) is 10.4. The van der Waals surface area contributed by atoms with Crippen LogP contribution in [0.5, 0.6) is 0 Å². The Hall–Kier alpha value is -0.0700. The van der Waals surface area contributed by atoms with Gasteiger partial charge in [-0.2, -0.15) is 0 Å². The third-order valence-corrected chi connectivity index (χ3v) is 4.58. The molecule has 0 amide bonds. The van der Waals surface area contributed by atoms with Crippen LogP contribution in [0.25, 0.3) is 0 Å². The van der Waals surface area contributed by atoms with Crippen LogP contribution in [0.2, 0.25) is 0 Å². The lowest BCUT2D eigenvalue weighted by molar-refractivity contribution is -0.117. The van der Waals surface area contributed by atoms with E-state index in [9.17, 15) is 4.79 Å². The van der Waals surface area contributed by atoms with Crippen LogP contribution < -0.4 is 0 Å². The largest absolute Gasteiger partial charge is 0.300 e. The first-order valence-corrected chi connectivity index (χ1v) is 7.25. The van der Waals surface area contributed by atoms with Crippen molar-refractivity contribution >= 4 is 40.6 Å². The third-order valence-electron chi connectivity index (χ3n) is 1.46. The van der Waals surface area contributed by atoms with Crippen molar-refractivity contribution in [2.45, 2.75) is 28.4 Å². The van der Waals surface area contributed by atoms with Gasteiger partial charge in [0.25, 0.3) is 0 Å². The molecule has 0 aliphatic carbocycles. The van der Waals surface area contributed by atoms with Gasteiger partial charge in [0.15, 0.2) is 8.68 Å². The number of nitrogens with zero attached hydrogens (tertiary/aromatic N) is 2. The molecule has 0 aliphatic heterocycles. The average Bonchev–Trinajstić information content (AvgIpc) is 2.60. The summed E-state index contributed by atoms with van der Waals surface area (Å²) in [4.78, 5) is 10.7. The Balaban J connectivity index is 2.21. The first kappa shape index (κ1) is 12.0. The first-order valence-electron chi connectivity index (χ1n) is 4.22. The minimum absolute atomic E-state index is 0.257. The number of rotatable bonds is 6. The van der Waals surface area contributed by atoms with Gasteiger partial charge in [0.2, 0.25) is 0 Å². The van der Waals surface area contributed by atoms with Crippen molar-refractivity contribution in [3.8, 4) is 0 Å². The number of hydrogen-bond donors (Lipinski definition) is 0. The summed E-state index contributed by atoms with van der Waals surface area (Å²) in [6.45, 7) is 1.63. The van der Waals surface area contributed by atoms with Gasteiger partial charge >= 0.3 is 0 Å². The number of thioether (sulfide) groups is 2. The van der Waals surface area contributed by atoms with Crippen molar-refractivity contribution in [2.75, 3.05) is 12.0 Å². The van der Waals surface area contributed by atoms with Gasteiger partial charge in [0.05, 0.1) is 0 Å². The number of hydrogen-bond acceptors (Lipinski definition) is 6. The van der Waals surface area contributed by atoms with E-state index in [-0.39, 0.29) is 5.78 Å². The number of carbonyl (C=O) groups excluding carboxylic acids is 1. The second kappa shape index (κ2) is 6.42. The summed E-state index contributed by atoms with van der Waals surface area (Å²) in [5, 5.41) is 8.02. The minimum atomic E-state index is 0.257. The van der Waals surface area contributed by atoms with E-state index in [1.54, 1.807) is 41.8 Å². The maximum atomic E-state index is 10.7. The van der Waals surface area contributed by atoms with Crippen molar-refractivity contribution in [1.29, 1.82) is 0 Å². The van der Waals surface area contributed by atoms with Crippen LogP contribution in [-0.2, 0) is 4.79 Å². The van der Waals surface area contributed by atoms with Crippen LogP contribution >= 0.6 is 34.9 Å². The molecule has 0 radical (unpaired) electrons. The zero-order valence-corrected chi connectivity index (χ0v) is 10.6. The smallest absolute Gasteiger partial charge is 0.175 e. The van der Waals surface area contributed by atoms with Gasteiger partial charge in [-0.15, -0.1) is 10.2 Å². The van der Waals surface area contributed by atoms with Gasteiger partial charge in [0.1, 0.15) is 5.78 Å².